The number of anilines is 1. The second-order valence-corrected chi connectivity index (χ2v) is 9.06. The molecule has 21 heavy (non-hydrogen) atoms. The SMILES string of the molecule is Cc1nn(C)c(N2CCS(=O)(=O)CC2)c1CNC(C)(C)C. The molecule has 120 valence electrons. The van der Waals surface area contributed by atoms with Gasteiger partial charge in [-0.15, -0.1) is 0 Å². The van der Waals surface area contributed by atoms with Crippen molar-refractivity contribution in [3.05, 3.63) is 11.3 Å². The summed E-state index contributed by atoms with van der Waals surface area (Å²) in [7, 11) is -0.942. The van der Waals surface area contributed by atoms with E-state index in [0.717, 1.165) is 23.6 Å². The van der Waals surface area contributed by atoms with Crippen LogP contribution in [-0.4, -0.2) is 48.3 Å². The minimum Gasteiger partial charge on any atom is -0.355 e. The van der Waals surface area contributed by atoms with E-state index in [1.165, 1.54) is 0 Å². The summed E-state index contributed by atoms with van der Waals surface area (Å²) >= 11 is 0. The van der Waals surface area contributed by atoms with E-state index >= 15 is 0 Å². The Bertz CT molecular complexity index is 600. The summed E-state index contributed by atoms with van der Waals surface area (Å²) in [5, 5.41) is 8.00. The third-order valence-electron chi connectivity index (χ3n) is 3.75. The van der Waals surface area contributed by atoms with Crippen LogP contribution in [0.5, 0.6) is 0 Å². The number of nitrogens with one attached hydrogen (secondary N) is 1. The highest BCUT2D eigenvalue weighted by Crippen LogP contribution is 2.25. The second kappa shape index (κ2) is 5.61. The van der Waals surface area contributed by atoms with Crippen molar-refractivity contribution in [1.29, 1.82) is 0 Å². The molecule has 1 aromatic heterocycles. The van der Waals surface area contributed by atoms with Crippen LogP contribution in [0.25, 0.3) is 0 Å². The van der Waals surface area contributed by atoms with Crippen LogP contribution in [0.4, 0.5) is 5.82 Å². The zero-order valence-electron chi connectivity index (χ0n) is 13.6. The first-order valence-electron chi connectivity index (χ1n) is 7.32. The number of rotatable bonds is 3. The maximum absolute atomic E-state index is 11.6. The number of aryl methyl sites for hydroxylation is 2. The summed E-state index contributed by atoms with van der Waals surface area (Å²) in [5.41, 5.74) is 2.19. The lowest BCUT2D eigenvalue weighted by Crippen LogP contribution is -2.42. The van der Waals surface area contributed by atoms with Gasteiger partial charge in [0, 0.05) is 37.8 Å². The molecule has 0 spiro atoms. The van der Waals surface area contributed by atoms with E-state index in [2.05, 4.69) is 36.1 Å². The van der Waals surface area contributed by atoms with Gasteiger partial charge < -0.3 is 10.2 Å². The van der Waals surface area contributed by atoms with Crippen molar-refractivity contribution in [2.45, 2.75) is 39.8 Å². The third-order valence-corrected chi connectivity index (χ3v) is 5.36. The molecule has 2 heterocycles. The molecule has 0 atom stereocenters. The van der Waals surface area contributed by atoms with Crippen molar-refractivity contribution in [2.75, 3.05) is 29.5 Å². The molecule has 1 aliphatic rings. The van der Waals surface area contributed by atoms with Gasteiger partial charge in [-0.25, -0.2) is 8.42 Å². The van der Waals surface area contributed by atoms with Crippen molar-refractivity contribution < 1.29 is 8.42 Å². The Balaban J connectivity index is 2.23. The van der Waals surface area contributed by atoms with Crippen molar-refractivity contribution >= 4 is 15.7 Å². The summed E-state index contributed by atoms with van der Waals surface area (Å²) in [5.74, 6) is 1.49. The monoisotopic (exact) mass is 314 g/mol. The Hall–Kier alpha value is -1.08. The predicted octanol–water partition coefficient (Wildman–Crippen LogP) is 0.851. The van der Waals surface area contributed by atoms with Crippen LogP contribution in [0, 0.1) is 6.92 Å². The third kappa shape index (κ3) is 3.97. The molecule has 0 radical (unpaired) electrons. The fraction of sp³-hybridized carbons (Fsp3) is 0.786. The first-order chi connectivity index (χ1) is 9.59. The Morgan fingerprint density at radius 2 is 1.81 bits per heavy atom. The van der Waals surface area contributed by atoms with E-state index in [4.69, 9.17) is 0 Å². The predicted molar refractivity (Wildman–Crippen MR) is 85.4 cm³/mol. The average Bonchev–Trinajstić information content (AvgIpc) is 2.61. The molecule has 0 aromatic carbocycles. The van der Waals surface area contributed by atoms with Crippen LogP contribution >= 0.6 is 0 Å². The molecular weight excluding hydrogens is 288 g/mol. The molecule has 0 unspecified atom stereocenters. The largest absolute Gasteiger partial charge is 0.355 e. The van der Waals surface area contributed by atoms with Crippen LogP contribution in [-0.2, 0) is 23.4 Å². The van der Waals surface area contributed by atoms with Crippen molar-refractivity contribution in [2.24, 2.45) is 7.05 Å². The Morgan fingerprint density at radius 1 is 1.24 bits per heavy atom. The van der Waals surface area contributed by atoms with Crippen LogP contribution < -0.4 is 10.2 Å². The van der Waals surface area contributed by atoms with Crippen molar-refractivity contribution in [1.82, 2.24) is 15.1 Å². The Kier molecular flexibility index (Phi) is 4.35. The van der Waals surface area contributed by atoms with Gasteiger partial charge in [0.25, 0.3) is 0 Å². The van der Waals surface area contributed by atoms with Gasteiger partial charge in [-0.05, 0) is 27.7 Å². The Labute approximate surface area is 127 Å². The molecular formula is C14H26N4O2S. The Morgan fingerprint density at radius 3 is 2.33 bits per heavy atom. The van der Waals surface area contributed by atoms with Gasteiger partial charge in [0.05, 0.1) is 17.2 Å². The highest BCUT2D eigenvalue weighted by Gasteiger charge is 2.27. The van der Waals surface area contributed by atoms with Gasteiger partial charge in [0.15, 0.2) is 9.84 Å². The van der Waals surface area contributed by atoms with E-state index in [0.29, 0.717) is 13.1 Å². The second-order valence-electron chi connectivity index (χ2n) is 6.75. The minimum absolute atomic E-state index is 0.0325. The highest BCUT2D eigenvalue weighted by atomic mass is 32.2. The lowest BCUT2D eigenvalue weighted by molar-refractivity contribution is 0.423. The van der Waals surface area contributed by atoms with Crippen LogP contribution in [0.2, 0.25) is 0 Å². The quantitative estimate of drug-likeness (QED) is 0.896. The van der Waals surface area contributed by atoms with Gasteiger partial charge in [-0.3, -0.25) is 4.68 Å². The van der Waals surface area contributed by atoms with Crippen LogP contribution in [0.1, 0.15) is 32.0 Å². The number of sulfone groups is 1. The van der Waals surface area contributed by atoms with E-state index in [-0.39, 0.29) is 17.0 Å². The summed E-state index contributed by atoms with van der Waals surface area (Å²) in [4.78, 5) is 2.14. The van der Waals surface area contributed by atoms with E-state index in [1.807, 2.05) is 18.7 Å². The van der Waals surface area contributed by atoms with Gasteiger partial charge >= 0.3 is 0 Å². The van der Waals surface area contributed by atoms with Gasteiger partial charge in [0.1, 0.15) is 5.82 Å². The number of aromatic nitrogens is 2. The molecule has 1 saturated heterocycles. The first kappa shape index (κ1) is 16.3. The number of hydrogen-bond donors (Lipinski definition) is 1. The summed E-state index contributed by atoms with van der Waals surface area (Å²) in [6.07, 6.45) is 0. The molecule has 1 aromatic rings. The minimum atomic E-state index is -2.87. The number of hydrogen-bond acceptors (Lipinski definition) is 5. The van der Waals surface area contributed by atoms with Crippen LogP contribution in [0.3, 0.4) is 0 Å². The molecule has 0 aliphatic carbocycles. The normalized spacial score (nSPS) is 19.0. The molecule has 0 bridgehead atoms. The van der Waals surface area contributed by atoms with Gasteiger partial charge in [0.2, 0.25) is 0 Å². The smallest absolute Gasteiger partial charge is 0.153 e. The molecule has 1 fully saturated rings. The number of nitrogens with zero attached hydrogens (tertiary/aromatic N) is 3. The summed E-state index contributed by atoms with van der Waals surface area (Å²) in [6, 6.07) is 0. The van der Waals surface area contributed by atoms with Crippen molar-refractivity contribution in [3.8, 4) is 0 Å². The van der Waals surface area contributed by atoms with Crippen molar-refractivity contribution in [3.63, 3.8) is 0 Å². The molecule has 1 aliphatic heterocycles. The van der Waals surface area contributed by atoms with Crippen LogP contribution in [0.15, 0.2) is 0 Å². The lowest BCUT2D eigenvalue weighted by Gasteiger charge is -2.30. The summed E-state index contributed by atoms with van der Waals surface area (Å²) < 4.78 is 25.1. The molecule has 6 nitrogen and oxygen atoms in total. The fourth-order valence-corrected chi connectivity index (χ4v) is 3.77. The van der Waals surface area contributed by atoms with Gasteiger partial charge in [-0.2, -0.15) is 5.10 Å². The molecule has 1 N–H and O–H groups in total. The fourth-order valence-electron chi connectivity index (χ4n) is 2.57. The van der Waals surface area contributed by atoms with Gasteiger partial charge in [-0.1, -0.05) is 0 Å². The van der Waals surface area contributed by atoms with E-state index in [1.54, 1.807) is 0 Å². The lowest BCUT2D eigenvalue weighted by atomic mass is 10.1. The highest BCUT2D eigenvalue weighted by molar-refractivity contribution is 7.91. The summed E-state index contributed by atoms with van der Waals surface area (Å²) in [6.45, 7) is 10.2. The standard InChI is InChI=1S/C14H26N4O2S/c1-11-12(10-15-14(2,3)4)13(17(5)16-11)18-6-8-21(19,20)9-7-18/h15H,6-10H2,1-5H3. The molecule has 2 rings (SSSR count). The topological polar surface area (TPSA) is 67.2 Å². The maximum atomic E-state index is 11.6. The molecule has 7 heteroatoms. The molecule has 0 saturated carbocycles. The van der Waals surface area contributed by atoms with E-state index < -0.39 is 9.84 Å². The molecule has 0 amide bonds. The van der Waals surface area contributed by atoms with E-state index in [9.17, 15) is 8.42 Å². The zero-order chi connectivity index (χ0) is 15.8. The first-order valence-corrected chi connectivity index (χ1v) is 9.14. The zero-order valence-corrected chi connectivity index (χ0v) is 14.4. The maximum Gasteiger partial charge on any atom is 0.153 e. The average molecular weight is 314 g/mol.